The number of carbonyl (C=O) groups is 1. The first-order valence-corrected chi connectivity index (χ1v) is 13.5. The molecule has 0 aromatic heterocycles. The van der Waals surface area contributed by atoms with Gasteiger partial charge in [0, 0.05) is 33.0 Å². The van der Waals surface area contributed by atoms with Gasteiger partial charge in [-0.05, 0) is 29.7 Å². The van der Waals surface area contributed by atoms with Crippen LogP contribution < -0.4 is 10.0 Å². The molecule has 0 spiro atoms. The number of nitrogens with one attached hydrogen (secondary N) is 2. The fraction of sp³-hybridized carbons (Fsp3) is 0.250. The van der Waals surface area contributed by atoms with Gasteiger partial charge in [-0.2, -0.15) is 26.3 Å². The lowest BCUT2D eigenvalue weighted by Crippen LogP contribution is -2.42. The zero-order chi connectivity index (χ0) is 29.5. The number of amides is 1. The SMILES string of the molecule is O=C(CS(=O)(=O)Nc1ccc(C2=NO[C@@](c3cc(Cl)cc(Cl)c3)(C(F)(F)F)C2)c2ccccc12)NCC(F)(F)F. The zero-order valence-electron chi connectivity index (χ0n) is 19.8. The Morgan fingerprint density at radius 2 is 1.60 bits per heavy atom. The monoisotopic (exact) mass is 627 g/mol. The van der Waals surface area contributed by atoms with Crippen LogP contribution in [0.15, 0.2) is 59.8 Å². The number of alkyl halides is 6. The summed E-state index contributed by atoms with van der Waals surface area (Å²) in [7, 11) is -4.47. The second-order valence-corrected chi connectivity index (χ2v) is 11.3. The number of fused-ring (bicyclic) bond motifs is 1. The molecule has 16 heteroatoms. The van der Waals surface area contributed by atoms with E-state index in [1.54, 1.807) is 6.07 Å². The summed E-state index contributed by atoms with van der Waals surface area (Å²) in [4.78, 5) is 16.7. The van der Waals surface area contributed by atoms with Crippen LogP contribution in [0.25, 0.3) is 10.8 Å². The van der Waals surface area contributed by atoms with E-state index in [4.69, 9.17) is 28.0 Å². The first-order valence-electron chi connectivity index (χ1n) is 11.1. The molecule has 3 aromatic rings. The van der Waals surface area contributed by atoms with Crippen LogP contribution in [0.5, 0.6) is 0 Å². The van der Waals surface area contributed by atoms with Crippen LogP contribution in [0.3, 0.4) is 0 Å². The van der Waals surface area contributed by atoms with E-state index in [-0.39, 0.29) is 43.3 Å². The van der Waals surface area contributed by atoms with Gasteiger partial charge in [-0.25, -0.2) is 8.42 Å². The number of hydrogen-bond acceptors (Lipinski definition) is 5. The summed E-state index contributed by atoms with van der Waals surface area (Å²) in [5.41, 5.74) is -3.24. The van der Waals surface area contributed by atoms with Gasteiger partial charge in [0.1, 0.15) is 12.3 Å². The average Bonchev–Trinajstić information content (AvgIpc) is 3.28. The minimum absolute atomic E-state index is 0.0441. The summed E-state index contributed by atoms with van der Waals surface area (Å²) in [5.74, 6) is -2.68. The molecule has 1 aliphatic heterocycles. The van der Waals surface area contributed by atoms with Gasteiger partial charge in [0.15, 0.2) is 0 Å². The molecule has 4 rings (SSSR count). The Kier molecular flexibility index (Phi) is 7.91. The van der Waals surface area contributed by atoms with E-state index in [0.29, 0.717) is 0 Å². The summed E-state index contributed by atoms with van der Waals surface area (Å²) >= 11 is 11.9. The fourth-order valence-corrected chi connectivity index (χ4v) is 5.66. The Labute approximate surface area is 233 Å². The van der Waals surface area contributed by atoms with E-state index in [1.807, 2.05) is 0 Å². The third-order valence-corrected chi connectivity index (χ3v) is 7.43. The molecule has 0 saturated carbocycles. The second kappa shape index (κ2) is 10.6. The van der Waals surface area contributed by atoms with Gasteiger partial charge in [-0.1, -0.05) is 58.7 Å². The third kappa shape index (κ3) is 6.39. The lowest BCUT2D eigenvalue weighted by atomic mass is 9.85. The van der Waals surface area contributed by atoms with E-state index < -0.39 is 52.6 Å². The first kappa shape index (κ1) is 29.7. The molecule has 0 radical (unpaired) electrons. The van der Waals surface area contributed by atoms with Crippen molar-refractivity contribution in [2.45, 2.75) is 24.4 Å². The van der Waals surface area contributed by atoms with E-state index in [2.05, 4.69) is 9.88 Å². The van der Waals surface area contributed by atoms with E-state index in [9.17, 15) is 39.6 Å². The van der Waals surface area contributed by atoms with Crippen molar-refractivity contribution in [3.8, 4) is 0 Å². The normalized spacial score (nSPS) is 17.9. The molecule has 0 fully saturated rings. The van der Waals surface area contributed by atoms with Gasteiger partial charge in [-0.15, -0.1) is 0 Å². The Morgan fingerprint density at radius 3 is 2.20 bits per heavy atom. The van der Waals surface area contributed by atoms with Crippen molar-refractivity contribution < 1.29 is 44.4 Å². The third-order valence-electron chi connectivity index (χ3n) is 5.82. The van der Waals surface area contributed by atoms with Gasteiger partial charge < -0.3 is 10.2 Å². The van der Waals surface area contributed by atoms with E-state index >= 15 is 0 Å². The fourth-order valence-electron chi connectivity index (χ4n) is 4.10. The second-order valence-electron chi connectivity index (χ2n) is 8.75. The highest BCUT2D eigenvalue weighted by Gasteiger charge is 2.62. The summed E-state index contributed by atoms with van der Waals surface area (Å²) in [6.45, 7) is -1.70. The molecule has 0 saturated heterocycles. The summed E-state index contributed by atoms with van der Waals surface area (Å²) in [6, 6.07) is 12.0. The standard InChI is InChI=1S/C24H17Cl2F6N3O4S/c25-14-7-13(8-15(26)9-14)22(24(30,31)32)10-20(34-39-22)18-5-6-19(17-4-2-1-3-16(17)18)35-40(37,38)11-21(36)33-12-23(27,28)29/h1-9,35H,10-12H2,(H,33,36)/t22-/m0/s1. The summed E-state index contributed by atoms with van der Waals surface area (Å²) < 4.78 is 107. The molecule has 0 unspecified atom stereocenters. The molecule has 3 aromatic carbocycles. The maximum absolute atomic E-state index is 14.4. The molecular formula is C24H17Cl2F6N3O4S. The molecule has 214 valence electrons. The Hall–Kier alpha value is -3.23. The van der Waals surface area contributed by atoms with Crippen molar-refractivity contribution in [2.24, 2.45) is 5.16 Å². The number of halogens is 8. The average molecular weight is 628 g/mol. The highest BCUT2D eigenvalue weighted by atomic mass is 35.5. The number of nitrogens with zero attached hydrogens (tertiary/aromatic N) is 1. The molecule has 1 aliphatic rings. The number of rotatable bonds is 7. The highest BCUT2D eigenvalue weighted by molar-refractivity contribution is 7.93. The van der Waals surface area contributed by atoms with Crippen molar-refractivity contribution in [3.63, 3.8) is 0 Å². The summed E-state index contributed by atoms with van der Waals surface area (Å²) in [5, 5.41) is 5.61. The highest BCUT2D eigenvalue weighted by Crippen LogP contribution is 2.50. The molecule has 1 amide bonds. The van der Waals surface area contributed by atoms with Crippen molar-refractivity contribution in [1.82, 2.24) is 5.32 Å². The molecule has 40 heavy (non-hydrogen) atoms. The number of oxime groups is 1. The minimum atomic E-state index is -4.94. The maximum atomic E-state index is 14.4. The van der Waals surface area contributed by atoms with Crippen molar-refractivity contribution in [1.29, 1.82) is 0 Å². The molecule has 1 heterocycles. The molecule has 2 N–H and O–H groups in total. The topological polar surface area (TPSA) is 96.9 Å². The van der Waals surface area contributed by atoms with Crippen LogP contribution in [0, 0.1) is 0 Å². The smallest absolute Gasteiger partial charge is 0.374 e. The van der Waals surface area contributed by atoms with E-state index in [1.165, 1.54) is 41.7 Å². The molecule has 0 bridgehead atoms. The van der Waals surface area contributed by atoms with Gasteiger partial charge in [-0.3, -0.25) is 9.52 Å². The van der Waals surface area contributed by atoms with Crippen LogP contribution >= 0.6 is 23.2 Å². The largest absolute Gasteiger partial charge is 0.435 e. The van der Waals surface area contributed by atoms with Crippen LogP contribution in [0.2, 0.25) is 10.0 Å². The number of benzene rings is 3. The Bertz CT molecular complexity index is 1590. The van der Waals surface area contributed by atoms with Gasteiger partial charge in [0.05, 0.1) is 11.4 Å². The minimum Gasteiger partial charge on any atom is -0.374 e. The first-order chi connectivity index (χ1) is 18.5. The van der Waals surface area contributed by atoms with Crippen LogP contribution in [-0.4, -0.2) is 44.7 Å². The summed E-state index contributed by atoms with van der Waals surface area (Å²) in [6.07, 6.45) is -10.4. The van der Waals surface area contributed by atoms with Crippen molar-refractivity contribution in [2.75, 3.05) is 17.0 Å². The molecule has 0 aliphatic carbocycles. The molecule has 1 atom stereocenters. The Balaban J connectivity index is 1.65. The van der Waals surface area contributed by atoms with Crippen molar-refractivity contribution >= 4 is 61.3 Å². The van der Waals surface area contributed by atoms with Gasteiger partial charge >= 0.3 is 12.4 Å². The van der Waals surface area contributed by atoms with Crippen molar-refractivity contribution in [3.05, 3.63) is 75.8 Å². The number of carbonyl (C=O) groups excluding carboxylic acids is 1. The lowest BCUT2D eigenvalue weighted by molar-refractivity contribution is -0.275. The quantitative estimate of drug-likeness (QED) is 0.307. The number of hydrogen-bond donors (Lipinski definition) is 2. The predicted octanol–water partition coefficient (Wildman–Crippen LogP) is 6.15. The van der Waals surface area contributed by atoms with Crippen LogP contribution in [0.1, 0.15) is 17.5 Å². The lowest BCUT2D eigenvalue weighted by Gasteiger charge is -2.29. The van der Waals surface area contributed by atoms with Crippen LogP contribution in [0.4, 0.5) is 32.0 Å². The van der Waals surface area contributed by atoms with Gasteiger partial charge in [0.25, 0.3) is 5.60 Å². The maximum Gasteiger partial charge on any atom is 0.435 e. The van der Waals surface area contributed by atoms with Crippen LogP contribution in [-0.2, 0) is 25.3 Å². The van der Waals surface area contributed by atoms with E-state index in [0.717, 1.165) is 12.1 Å². The van der Waals surface area contributed by atoms with Gasteiger partial charge in [0.2, 0.25) is 15.9 Å². The molecular weight excluding hydrogens is 611 g/mol. The Morgan fingerprint density at radius 1 is 0.975 bits per heavy atom. The molecule has 7 nitrogen and oxygen atoms in total. The number of anilines is 1. The predicted molar refractivity (Wildman–Crippen MR) is 137 cm³/mol. The zero-order valence-corrected chi connectivity index (χ0v) is 22.2. The number of sulfonamides is 1.